The number of nitrogens with two attached hydrogens (primary N) is 1. The minimum absolute atomic E-state index is 0.201. The lowest BCUT2D eigenvalue weighted by Crippen LogP contribution is -2.59. The molecule has 0 aromatic heterocycles. The molecule has 3 nitrogen and oxygen atoms in total. The summed E-state index contributed by atoms with van der Waals surface area (Å²) < 4.78 is 0. The van der Waals surface area contributed by atoms with Gasteiger partial charge in [-0.2, -0.15) is 0 Å². The van der Waals surface area contributed by atoms with Crippen LogP contribution in [0.3, 0.4) is 0 Å². The predicted molar refractivity (Wildman–Crippen MR) is 77.8 cm³/mol. The van der Waals surface area contributed by atoms with E-state index < -0.39 is 5.54 Å². The quantitative estimate of drug-likeness (QED) is 0.874. The second kappa shape index (κ2) is 5.74. The molecule has 104 valence electrons. The lowest BCUT2D eigenvalue weighted by Gasteiger charge is -2.40. The van der Waals surface area contributed by atoms with E-state index in [1.165, 1.54) is 5.56 Å². The van der Waals surface area contributed by atoms with Crippen molar-refractivity contribution in [1.29, 1.82) is 0 Å². The largest absolute Gasteiger partial charge is 0.368 e. The molecule has 1 amide bonds. The van der Waals surface area contributed by atoms with Crippen LogP contribution in [0.2, 0.25) is 0 Å². The summed E-state index contributed by atoms with van der Waals surface area (Å²) in [6.45, 7) is 4.13. The smallest absolute Gasteiger partial charge is 0.237 e. The zero-order valence-corrected chi connectivity index (χ0v) is 11.9. The van der Waals surface area contributed by atoms with Crippen LogP contribution in [0.15, 0.2) is 30.3 Å². The molecule has 1 aliphatic carbocycles. The van der Waals surface area contributed by atoms with Crippen molar-refractivity contribution in [2.75, 3.05) is 0 Å². The highest BCUT2D eigenvalue weighted by Crippen LogP contribution is 2.38. The van der Waals surface area contributed by atoms with E-state index in [0.717, 1.165) is 25.7 Å². The van der Waals surface area contributed by atoms with Gasteiger partial charge in [0.1, 0.15) is 0 Å². The fourth-order valence-electron chi connectivity index (χ4n) is 3.18. The Hall–Kier alpha value is -1.35. The third-order valence-electron chi connectivity index (χ3n) is 4.15. The first-order valence-corrected chi connectivity index (χ1v) is 7.16. The number of carbonyl (C=O) groups is 1. The Morgan fingerprint density at radius 2 is 1.84 bits per heavy atom. The molecule has 1 aromatic carbocycles. The van der Waals surface area contributed by atoms with E-state index in [1.807, 2.05) is 6.07 Å². The van der Waals surface area contributed by atoms with Crippen LogP contribution in [-0.4, -0.2) is 17.5 Å². The van der Waals surface area contributed by atoms with Gasteiger partial charge in [0.25, 0.3) is 0 Å². The Labute approximate surface area is 115 Å². The van der Waals surface area contributed by atoms with E-state index in [1.54, 1.807) is 0 Å². The van der Waals surface area contributed by atoms with Crippen molar-refractivity contribution in [3.05, 3.63) is 35.9 Å². The average Bonchev–Trinajstić information content (AvgIpc) is 2.39. The van der Waals surface area contributed by atoms with Gasteiger partial charge in [0.15, 0.2) is 0 Å². The number of carbonyl (C=O) groups excluding carboxylic acids is 1. The first-order chi connectivity index (χ1) is 9.03. The van der Waals surface area contributed by atoms with E-state index in [-0.39, 0.29) is 11.9 Å². The topological polar surface area (TPSA) is 55.1 Å². The van der Waals surface area contributed by atoms with Crippen LogP contribution >= 0.6 is 0 Å². The van der Waals surface area contributed by atoms with Gasteiger partial charge in [-0.15, -0.1) is 0 Å². The molecule has 1 aliphatic rings. The third kappa shape index (κ3) is 3.16. The lowest BCUT2D eigenvalue weighted by atomic mass is 9.73. The Balaban J connectivity index is 2.06. The summed E-state index contributed by atoms with van der Waals surface area (Å²) in [5, 5.41) is 3.39. The molecule has 0 aliphatic heterocycles. The van der Waals surface area contributed by atoms with Gasteiger partial charge in [-0.1, -0.05) is 30.3 Å². The first-order valence-electron chi connectivity index (χ1n) is 7.16. The van der Waals surface area contributed by atoms with Crippen molar-refractivity contribution in [2.24, 2.45) is 5.73 Å². The van der Waals surface area contributed by atoms with Crippen LogP contribution in [0.25, 0.3) is 0 Å². The number of rotatable bonds is 4. The van der Waals surface area contributed by atoms with Gasteiger partial charge >= 0.3 is 0 Å². The van der Waals surface area contributed by atoms with Crippen LogP contribution in [-0.2, 0) is 4.79 Å². The molecule has 1 fully saturated rings. The number of primary amides is 1. The Morgan fingerprint density at radius 3 is 2.32 bits per heavy atom. The third-order valence-corrected chi connectivity index (χ3v) is 4.15. The molecule has 3 N–H and O–H groups in total. The molecule has 3 heteroatoms. The molecule has 0 radical (unpaired) electrons. The zero-order valence-electron chi connectivity index (χ0n) is 11.9. The summed E-state index contributed by atoms with van der Waals surface area (Å²) in [4.78, 5) is 11.8. The SMILES string of the molecule is CC(C)NC1(C(N)=O)CCC(c2ccccc2)CC1. The van der Waals surface area contributed by atoms with Gasteiger partial charge in [0, 0.05) is 6.04 Å². The molecule has 0 atom stereocenters. The van der Waals surface area contributed by atoms with Crippen molar-refractivity contribution < 1.29 is 4.79 Å². The van der Waals surface area contributed by atoms with E-state index in [2.05, 4.69) is 43.4 Å². The van der Waals surface area contributed by atoms with E-state index >= 15 is 0 Å². The second-order valence-electron chi connectivity index (χ2n) is 5.93. The fourth-order valence-corrected chi connectivity index (χ4v) is 3.18. The number of amides is 1. The highest BCUT2D eigenvalue weighted by atomic mass is 16.1. The van der Waals surface area contributed by atoms with Crippen molar-refractivity contribution in [2.45, 2.75) is 57.0 Å². The van der Waals surface area contributed by atoms with Gasteiger partial charge in [-0.05, 0) is 51.0 Å². The highest BCUT2D eigenvalue weighted by molar-refractivity contribution is 5.84. The number of hydrogen-bond donors (Lipinski definition) is 2. The van der Waals surface area contributed by atoms with Crippen molar-refractivity contribution in [3.63, 3.8) is 0 Å². The minimum Gasteiger partial charge on any atom is -0.368 e. The maximum atomic E-state index is 11.8. The van der Waals surface area contributed by atoms with Crippen LogP contribution < -0.4 is 11.1 Å². The van der Waals surface area contributed by atoms with Crippen molar-refractivity contribution >= 4 is 5.91 Å². The van der Waals surface area contributed by atoms with Gasteiger partial charge in [-0.3, -0.25) is 4.79 Å². The molecular weight excluding hydrogens is 236 g/mol. The summed E-state index contributed by atoms with van der Waals surface area (Å²) in [5.41, 5.74) is 6.51. The maximum absolute atomic E-state index is 11.8. The number of benzene rings is 1. The first kappa shape index (κ1) is 14.1. The second-order valence-corrected chi connectivity index (χ2v) is 5.93. The van der Waals surface area contributed by atoms with Crippen LogP contribution in [0.5, 0.6) is 0 Å². The minimum atomic E-state index is -0.501. The summed E-state index contributed by atoms with van der Waals surface area (Å²) in [7, 11) is 0. The monoisotopic (exact) mass is 260 g/mol. The van der Waals surface area contributed by atoms with Gasteiger partial charge in [0.2, 0.25) is 5.91 Å². The van der Waals surface area contributed by atoms with Crippen LogP contribution in [0.4, 0.5) is 0 Å². The predicted octanol–water partition coefficient (Wildman–Crippen LogP) is 2.57. The summed E-state index contributed by atoms with van der Waals surface area (Å²) in [6.07, 6.45) is 3.71. The van der Waals surface area contributed by atoms with E-state index in [4.69, 9.17) is 5.73 Å². The molecule has 2 rings (SSSR count). The van der Waals surface area contributed by atoms with E-state index in [0.29, 0.717) is 5.92 Å². The molecule has 0 heterocycles. The molecule has 0 saturated heterocycles. The van der Waals surface area contributed by atoms with Gasteiger partial charge < -0.3 is 11.1 Å². The molecule has 0 spiro atoms. The Kier molecular flexibility index (Phi) is 4.25. The molecule has 1 saturated carbocycles. The standard InChI is InChI=1S/C16H24N2O/c1-12(2)18-16(15(17)19)10-8-14(9-11-16)13-6-4-3-5-7-13/h3-7,12,14,18H,8-11H2,1-2H3,(H2,17,19). The van der Waals surface area contributed by atoms with Crippen LogP contribution in [0, 0.1) is 0 Å². The molecule has 0 bridgehead atoms. The van der Waals surface area contributed by atoms with Gasteiger partial charge in [-0.25, -0.2) is 0 Å². The summed E-state index contributed by atoms with van der Waals surface area (Å²) in [5.74, 6) is 0.357. The number of nitrogens with one attached hydrogen (secondary N) is 1. The summed E-state index contributed by atoms with van der Waals surface area (Å²) >= 11 is 0. The number of hydrogen-bond acceptors (Lipinski definition) is 2. The molecular formula is C16H24N2O. The normalized spacial score (nSPS) is 27.4. The van der Waals surface area contributed by atoms with Crippen molar-refractivity contribution in [1.82, 2.24) is 5.32 Å². The average molecular weight is 260 g/mol. The molecule has 0 unspecified atom stereocenters. The summed E-state index contributed by atoms with van der Waals surface area (Å²) in [6, 6.07) is 10.8. The maximum Gasteiger partial charge on any atom is 0.237 e. The highest BCUT2D eigenvalue weighted by Gasteiger charge is 2.40. The Bertz CT molecular complexity index is 420. The van der Waals surface area contributed by atoms with Crippen molar-refractivity contribution in [3.8, 4) is 0 Å². The fraction of sp³-hybridized carbons (Fsp3) is 0.562. The van der Waals surface area contributed by atoms with Gasteiger partial charge in [0.05, 0.1) is 5.54 Å². The lowest BCUT2D eigenvalue weighted by molar-refractivity contribution is -0.126. The van der Waals surface area contributed by atoms with E-state index in [9.17, 15) is 4.79 Å². The Morgan fingerprint density at radius 1 is 1.26 bits per heavy atom. The van der Waals surface area contributed by atoms with Crippen LogP contribution in [0.1, 0.15) is 51.0 Å². The molecule has 1 aromatic rings. The zero-order chi connectivity index (χ0) is 13.9. The molecule has 19 heavy (non-hydrogen) atoms.